The second-order valence-corrected chi connectivity index (χ2v) is 17.6. The first-order chi connectivity index (χ1) is 20.2. The lowest BCUT2D eigenvalue weighted by molar-refractivity contribution is 0.488. The molecule has 0 unspecified atom stereocenters. The molecule has 0 aliphatic heterocycles. The Labute approximate surface area is 265 Å². The van der Waals surface area contributed by atoms with Crippen molar-refractivity contribution in [1.82, 2.24) is 0 Å². The van der Waals surface area contributed by atoms with Crippen molar-refractivity contribution in [3.8, 4) is 5.75 Å². The molecule has 0 amide bonds. The van der Waals surface area contributed by atoms with Gasteiger partial charge in [0.05, 0.1) is 0 Å². The summed E-state index contributed by atoms with van der Waals surface area (Å²) in [6.07, 6.45) is 0. The minimum Gasteiger partial charge on any atom is -0.391 e. The topological polar surface area (TPSA) is 35.5 Å². The normalized spacial score (nSPS) is 13.2. The standard InChI is InChI=1S/C40H51O3P/c1-24-29(37(3,4)5)22-31(39(9,10)11)35-33(24)34-25(2)30(38(6,7)8)23-32(40(12,13)14)36(34)43-44(42-35)41-28-20-19-26-17-15-16-18-27(26)21-28/h15-23H,1-14H3. The Morgan fingerprint density at radius 3 is 1.32 bits per heavy atom. The molecule has 0 aliphatic rings. The van der Waals surface area contributed by atoms with Gasteiger partial charge < -0.3 is 12.9 Å². The van der Waals surface area contributed by atoms with Crippen LogP contribution in [0.4, 0.5) is 0 Å². The van der Waals surface area contributed by atoms with Gasteiger partial charge >= 0.3 is 8.24 Å². The first-order valence-corrected chi connectivity index (χ1v) is 17.0. The first kappa shape index (κ1) is 32.2. The van der Waals surface area contributed by atoms with Gasteiger partial charge in [0.1, 0.15) is 16.9 Å². The molecule has 0 bridgehead atoms. The Bertz CT molecular complexity index is 1830. The summed E-state index contributed by atoms with van der Waals surface area (Å²) >= 11 is 0. The lowest BCUT2D eigenvalue weighted by Gasteiger charge is -2.30. The molecule has 1 heterocycles. The van der Waals surface area contributed by atoms with E-state index in [0.29, 0.717) is 0 Å². The van der Waals surface area contributed by atoms with E-state index in [9.17, 15) is 0 Å². The van der Waals surface area contributed by atoms with Crippen LogP contribution in [0.1, 0.15) is 116 Å². The van der Waals surface area contributed by atoms with Crippen LogP contribution in [-0.4, -0.2) is 0 Å². The van der Waals surface area contributed by atoms with Crippen molar-refractivity contribution in [3.05, 3.63) is 88.0 Å². The first-order valence-electron chi connectivity index (χ1n) is 15.9. The number of hydrogen-bond acceptors (Lipinski definition) is 3. The van der Waals surface area contributed by atoms with Crippen LogP contribution in [0.3, 0.4) is 0 Å². The summed E-state index contributed by atoms with van der Waals surface area (Å²) in [4.78, 5) is 0. The van der Waals surface area contributed by atoms with Gasteiger partial charge in [0.15, 0.2) is 0 Å². The number of hydrogen-bond donors (Lipinski definition) is 0. The second-order valence-electron chi connectivity index (χ2n) is 16.6. The van der Waals surface area contributed by atoms with Crippen molar-refractivity contribution in [3.63, 3.8) is 0 Å². The fraction of sp³-hybridized carbons (Fsp3) is 0.450. The van der Waals surface area contributed by atoms with Crippen molar-refractivity contribution >= 4 is 41.0 Å². The lowest BCUT2D eigenvalue weighted by Crippen LogP contribution is -2.19. The summed E-state index contributed by atoms with van der Waals surface area (Å²) < 4.78 is 20.7. The maximum atomic E-state index is 7.03. The van der Waals surface area contributed by atoms with Crippen molar-refractivity contribution in [2.45, 2.75) is 119 Å². The van der Waals surface area contributed by atoms with Gasteiger partial charge in [-0.25, -0.2) is 0 Å². The molecule has 0 atom stereocenters. The van der Waals surface area contributed by atoms with E-state index in [-0.39, 0.29) is 21.7 Å². The van der Waals surface area contributed by atoms with Gasteiger partial charge in [-0.1, -0.05) is 126 Å². The maximum Gasteiger partial charge on any atom is 0.453 e. The Morgan fingerprint density at radius 2 is 0.909 bits per heavy atom. The zero-order chi connectivity index (χ0) is 32.6. The zero-order valence-electron chi connectivity index (χ0n) is 29.4. The highest BCUT2D eigenvalue weighted by Crippen LogP contribution is 2.48. The molecule has 5 rings (SSSR count). The summed E-state index contributed by atoms with van der Waals surface area (Å²) in [5.74, 6) is 0.737. The number of aryl methyl sites for hydroxylation is 2. The minimum absolute atomic E-state index is 0.0544. The number of benzene rings is 4. The van der Waals surface area contributed by atoms with E-state index in [1.807, 2.05) is 6.07 Å². The summed E-state index contributed by atoms with van der Waals surface area (Å²) in [5, 5.41) is 4.57. The highest BCUT2D eigenvalue weighted by molar-refractivity contribution is 7.32. The van der Waals surface area contributed by atoms with E-state index in [4.69, 9.17) is 12.9 Å². The Kier molecular flexibility index (Phi) is 7.86. The molecule has 1 aromatic heterocycles. The molecule has 0 fully saturated rings. The van der Waals surface area contributed by atoms with Crippen LogP contribution in [0.5, 0.6) is 5.75 Å². The van der Waals surface area contributed by atoms with Gasteiger partial charge in [0, 0.05) is 21.9 Å². The van der Waals surface area contributed by atoms with E-state index in [1.54, 1.807) is 0 Å². The van der Waals surface area contributed by atoms with Crippen LogP contribution in [0.2, 0.25) is 0 Å². The number of fused-ring (bicyclic) bond motifs is 4. The molecule has 234 valence electrons. The van der Waals surface area contributed by atoms with E-state index >= 15 is 0 Å². The Morgan fingerprint density at radius 1 is 0.500 bits per heavy atom. The quantitative estimate of drug-likeness (QED) is 0.199. The summed E-state index contributed by atoms with van der Waals surface area (Å²) in [6.45, 7) is 32.0. The van der Waals surface area contributed by atoms with Crippen LogP contribution in [0, 0.1) is 13.8 Å². The maximum absolute atomic E-state index is 7.03. The predicted octanol–water partition coefficient (Wildman–Crippen LogP) is 13.1. The van der Waals surface area contributed by atoms with Gasteiger partial charge in [0.25, 0.3) is 0 Å². The molecule has 0 aliphatic carbocycles. The van der Waals surface area contributed by atoms with E-state index in [2.05, 4.69) is 145 Å². The van der Waals surface area contributed by atoms with E-state index in [1.165, 1.54) is 38.8 Å². The molecule has 0 saturated carbocycles. The summed E-state index contributed by atoms with van der Waals surface area (Å²) in [5.41, 5.74) is 8.78. The zero-order valence-corrected chi connectivity index (χ0v) is 30.3. The van der Waals surface area contributed by atoms with E-state index in [0.717, 1.165) is 33.1 Å². The largest absolute Gasteiger partial charge is 0.453 e. The highest BCUT2D eigenvalue weighted by atomic mass is 31.1. The predicted molar refractivity (Wildman–Crippen MR) is 191 cm³/mol. The molecule has 0 N–H and O–H groups in total. The average molecular weight is 611 g/mol. The molecule has 0 radical (unpaired) electrons. The van der Waals surface area contributed by atoms with Crippen molar-refractivity contribution in [1.29, 1.82) is 0 Å². The van der Waals surface area contributed by atoms with Crippen LogP contribution < -0.4 is 4.52 Å². The van der Waals surface area contributed by atoms with Crippen molar-refractivity contribution in [2.24, 2.45) is 0 Å². The fourth-order valence-corrected chi connectivity index (χ4v) is 7.57. The molecule has 4 aromatic carbocycles. The number of rotatable bonds is 2. The summed E-state index contributed by atoms with van der Waals surface area (Å²) in [7, 11) is -1.83. The molecular weight excluding hydrogens is 559 g/mol. The molecule has 0 saturated heterocycles. The van der Waals surface area contributed by atoms with Crippen LogP contribution in [0.25, 0.3) is 32.7 Å². The monoisotopic (exact) mass is 610 g/mol. The fourth-order valence-electron chi connectivity index (χ4n) is 6.49. The van der Waals surface area contributed by atoms with Crippen LogP contribution in [0.15, 0.2) is 63.0 Å². The van der Waals surface area contributed by atoms with E-state index < -0.39 is 8.24 Å². The summed E-state index contributed by atoms with van der Waals surface area (Å²) in [6, 6.07) is 19.3. The average Bonchev–Trinajstić information content (AvgIpc) is 3.03. The van der Waals surface area contributed by atoms with Gasteiger partial charge in [-0.05, 0) is 80.7 Å². The third kappa shape index (κ3) is 5.93. The lowest BCUT2D eigenvalue weighted by atomic mass is 9.74. The molecular formula is C40H51O3P. The Balaban J connectivity index is 2.05. The Hall–Kier alpha value is -3.16. The smallest absolute Gasteiger partial charge is 0.391 e. The van der Waals surface area contributed by atoms with Gasteiger partial charge in [-0.2, -0.15) is 0 Å². The molecule has 0 spiro atoms. The third-order valence-electron chi connectivity index (χ3n) is 8.79. The van der Waals surface area contributed by atoms with Crippen LogP contribution in [-0.2, 0) is 21.7 Å². The van der Waals surface area contributed by atoms with Crippen molar-refractivity contribution < 1.29 is 12.9 Å². The van der Waals surface area contributed by atoms with Gasteiger partial charge in [-0.3, -0.25) is 0 Å². The SMILES string of the molecule is Cc1c(C(C)(C)C)cc(C(C)(C)C)c2op(Oc3ccc4ccccc4c3)oc3c(C(C)(C)C)cc(C(C)(C)C)c(C)c3c12. The molecule has 44 heavy (non-hydrogen) atoms. The third-order valence-corrected chi connectivity index (χ3v) is 9.82. The second kappa shape index (κ2) is 10.7. The molecule has 5 aromatic rings. The van der Waals surface area contributed by atoms with Gasteiger partial charge in [-0.15, -0.1) is 0 Å². The van der Waals surface area contributed by atoms with Crippen molar-refractivity contribution in [2.75, 3.05) is 0 Å². The van der Waals surface area contributed by atoms with Gasteiger partial charge in [0.2, 0.25) is 0 Å². The highest BCUT2D eigenvalue weighted by Gasteiger charge is 2.32. The molecule has 3 nitrogen and oxygen atoms in total. The van der Waals surface area contributed by atoms with Crippen LogP contribution >= 0.6 is 8.24 Å². The minimum atomic E-state index is -1.83. The molecule has 4 heteroatoms.